The molecule has 0 bridgehead atoms. The van der Waals surface area contributed by atoms with Gasteiger partial charge in [-0.2, -0.15) is 13.2 Å². The Kier molecular flexibility index (Phi) is 2.90. The third-order valence-corrected chi connectivity index (χ3v) is 1.15. The molecule has 1 N–H and O–H groups in total. The molecule has 1 nitrogen and oxygen atoms in total. The van der Waals surface area contributed by atoms with E-state index in [-0.39, 0.29) is 6.42 Å². The van der Waals surface area contributed by atoms with Crippen LogP contribution >= 0.6 is 0 Å². The summed E-state index contributed by atoms with van der Waals surface area (Å²) >= 11 is 0. The molecule has 0 aliphatic rings. The second-order valence-electron chi connectivity index (χ2n) is 1.95. The van der Waals surface area contributed by atoms with Crippen LogP contribution in [-0.2, 0) is 0 Å². The molecule has 0 aromatic rings. The van der Waals surface area contributed by atoms with Crippen LogP contribution in [0.3, 0.4) is 0 Å². The number of halogens is 3. The first-order valence-corrected chi connectivity index (χ1v) is 2.83. The number of aliphatic hydroxyl groups is 1. The minimum absolute atomic E-state index is 0.0400. The van der Waals surface area contributed by atoms with E-state index in [1.807, 2.05) is 0 Å². The molecule has 60 valence electrons. The second kappa shape index (κ2) is 3.05. The predicted octanol–water partition coefficient (Wildman–Crippen LogP) is 1.88. The first-order chi connectivity index (χ1) is 4.39. The van der Waals surface area contributed by atoms with Crippen molar-refractivity contribution in [2.45, 2.75) is 25.6 Å². The lowest BCUT2D eigenvalue weighted by atomic mass is 10.1. The minimum atomic E-state index is -4.46. The van der Waals surface area contributed by atoms with Crippen molar-refractivity contribution in [1.29, 1.82) is 0 Å². The average Bonchev–Trinajstić information content (AvgIpc) is 1.83. The summed E-state index contributed by atoms with van der Waals surface area (Å²) in [5.41, 5.74) is -1.07. The van der Waals surface area contributed by atoms with Crippen molar-refractivity contribution < 1.29 is 18.3 Å². The van der Waals surface area contributed by atoms with Crippen LogP contribution in [-0.4, -0.2) is 17.4 Å². The van der Waals surface area contributed by atoms with Gasteiger partial charge in [0.25, 0.3) is 0 Å². The Balaban J connectivity index is 4.09. The second-order valence-corrected chi connectivity index (χ2v) is 1.95. The number of hydrogen-bond donors (Lipinski definition) is 1. The Hall–Kier alpha value is -0.510. The fourth-order valence-corrected chi connectivity index (χ4v) is 0.435. The molecule has 0 amide bonds. The number of hydrogen-bond acceptors (Lipinski definition) is 1. The van der Waals surface area contributed by atoms with E-state index in [0.29, 0.717) is 0 Å². The molecule has 0 saturated heterocycles. The van der Waals surface area contributed by atoms with Crippen molar-refractivity contribution in [3.63, 3.8) is 0 Å². The highest BCUT2D eigenvalue weighted by Gasteiger charge is 2.35. The van der Waals surface area contributed by atoms with Gasteiger partial charge < -0.3 is 5.11 Å². The zero-order chi connectivity index (χ0) is 8.36. The highest BCUT2D eigenvalue weighted by Crippen LogP contribution is 2.27. The van der Waals surface area contributed by atoms with Crippen molar-refractivity contribution in [2.75, 3.05) is 0 Å². The van der Waals surface area contributed by atoms with Crippen LogP contribution in [0.5, 0.6) is 0 Å². The Morgan fingerprint density at radius 3 is 2.10 bits per heavy atom. The molecule has 0 aromatic heterocycles. The zero-order valence-electron chi connectivity index (χ0n) is 5.57. The standard InChI is InChI=1S/C6H9F3O/c1-3-5(10)4(2)6(7,8)9/h5,10H,2-3H2,1H3. The zero-order valence-corrected chi connectivity index (χ0v) is 5.57. The lowest BCUT2D eigenvalue weighted by molar-refractivity contribution is -0.105. The van der Waals surface area contributed by atoms with E-state index >= 15 is 0 Å². The largest absolute Gasteiger partial charge is 0.414 e. The van der Waals surface area contributed by atoms with Gasteiger partial charge in [0.05, 0.1) is 11.7 Å². The minimum Gasteiger partial charge on any atom is -0.388 e. The lowest BCUT2D eigenvalue weighted by Gasteiger charge is -2.13. The number of aliphatic hydroxyl groups excluding tert-OH is 1. The SMILES string of the molecule is C=C(C(O)CC)C(F)(F)F. The summed E-state index contributed by atoms with van der Waals surface area (Å²) in [4.78, 5) is 0. The molecule has 4 heteroatoms. The Labute approximate surface area is 57.2 Å². The molecule has 1 atom stereocenters. The Morgan fingerprint density at radius 1 is 1.60 bits per heavy atom. The molecule has 0 saturated carbocycles. The number of rotatable bonds is 2. The molecule has 0 heterocycles. The van der Waals surface area contributed by atoms with Crippen LogP contribution in [0.2, 0.25) is 0 Å². The summed E-state index contributed by atoms with van der Waals surface area (Å²) in [6.07, 6.45) is -5.88. The normalized spacial score (nSPS) is 14.9. The van der Waals surface area contributed by atoms with Gasteiger partial charge in [0.1, 0.15) is 0 Å². The molecule has 10 heavy (non-hydrogen) atoms. The predicted molar refractivity (Wildman–Crippen MR) is 31.5 cm³/mol. The van der Waals surface area contributed by atoms with Crippen molar-refractivity contribution >= 4 is 0 Å². The maximum atomic E-state index is 11.6. The fraction of sp³-hybridized carbons (Fsp3) is 0.667. The smallest absolute Gasteiger partial charge is 0.388 e. The van der Waals surface area contributed by atoms with Gasteiger partial charge in [0.15, 0.2) is 0 Å². The third-order valence-electron chi connectivity index (χ3n) is 1.15. The topological polar surface area (TPSA) is 20.2 Å². The Morgan fingerprint density at radius 2 is 2.00 bits per heavy atom. The van der Waals surface area contributed by atoms with Gasteiger partial charge in [-0.3, -0.25) is 0 Å². The molecule has 1 unspecified atom stereocenters. The lowest BCUT2D eigenvalue weighted by Crippen LogP contribution is -2.22. The summed E-state index contributed by atoms with van der Waals surface area (Å²) in [5, 5.41) is 8.64. The van der Waals surface area contributed by atoms with E-state index in [1.54, 1.807) is 0 Å². The van der Waals surface area contributed by atoms with E-state index in [0.717, 1.165) is 0 Å². The summed E-state index contributed by atoms with van der Waals surface area (Å²) in [7, 11) is 0. The van der Waals surface area contributed by atoms with Crippen LogP contribution in [0.1, 0.15) is 13.3 Å². The van der Waals surface area contributed by atoms with Crippen molar-refractivity contribution in [1.82, 2.24) is 0 Å². The highest BCUT2D eigenvalue weighted by molar-refractivity contribution is 5.08. The molecule has 0 fully saturated rings. The summed E-state index contributed by atoms with van der Waals surface area (Å²) in [5.74, 6) is 0. The van der Waals surface area contributed by atoms with E-state index in [2.05, 4.69) is 6.58 Å². The van der Waals surface area contributed by atoms with Crippen molar-refractivity contribution in [3.05, 3.63) is 12.2 Å². The van der Waals surface area contributed by atoms with E-state index in [9.17, 15) is 13.2 Å². The molecule has 0 aliphatic carbocycles. The van der Waals surface area contributed by atoms with Crippen LogP contribution in [0.4, 0.5) is 13.2 Å². The van der Waals surface area contributed by atoms with E-state index < -0.39 is 17.9 Å². The molecule has 0 rings (SSSR count). The quantitative estimate of drug-likeness (QED) is 0.602. The maximum absolute atomic E-state index is 11.6. The maximum Gasteiger partial charge on any atom is 0.414 e. The average molecular weight is 154 g/mol. The van der Waals surface area contributed by atoms with Crippen molar-refractivity contribution in [2.24, 2.45) is 0 Å². The van der Waals surface area contributed by atoms with Crippen LogP contribution in [0.15, 0.2) is 12.2 Å². The van der Waals surface area contributed by atoms with Crippen LogP contribution in [0.25, 0.3) is 0 Å². The Bertz CT molecular complexity index is 127. The highest BCUT2D eigenvalue weighted by atomic mass is 19.4. The monoisotopic (exact) mass is 154 g/mol. The van der Waals surface area contributed by atoms with Gasteiger partial charge in [-0.05, 0) is 6.42 Å². The van der Waals surface area contributed by atoms with Crippen LogP contribution < -0.4 is 0 Å². The summed E-state index contributed by atoms with van der Waals surface area (Å²) in [6.45, 7) is 4.18. The van der Waals surface area contributed by atoms with Gasteiger partial charge in [-0.15, -0.1) is 0 Å². The fourth-order valence-electron chi connectivity index (χ4n) is 0.435. The van der Waals surface area contributed by atoms with E-state index in [4.69, 9.17) is 5.11 Å². The van der Waals surface area contributed by atoms with Crippen molar-refractivity contribution in [3.8, 4) is 0 Å². The van der Waals surface area contributed by atoms with Gasteiger partial charge in [0, 0.05) is 0 Å². The molecular weight excluding hydrogens is 145 g/mol. The first-order valence-electron chi connectivity index (χ1n) is 2.83. The summed E-state index contributed by atoms with van der Waals surface area (Å²) < 4.78 is 34.9. The van der Waals surface area contributed by atoms with Gasteiger partial charge in [-0.1, -0.05) is 13.5 Å². The van der Waals surface area contributed by atoms with E-state index in [1.165, 1.54) is 6.92 Å². The molecule has 0 radical (unpaired) electrons. The molecule has 0 aliphatic heterocycles. The molecule has 0 aromatic carbocycles. The summed E-state index contributed by atoms with van der Waals surface area (Å²) in [6, 6.07) is 0. The van der Waals surface area contributed by atoms with Gasteiger partial charge in [0.2, 0.25) is 0 Å². The van der Waals surface area contributed by atoms with Gasteiger partial charge in [-0.25, -0.2) is 0 Å². The van der Waals surface area contributed by atoms with Crippen LogP contribution in [0, 0.1) is 0 Å². The first kappa shape index (κ1) is 9.49. The van der Waals surface area contributed by atoms with Gasteiger partial charge >= 0.3 is 6.18 Å². The third kappa shape index (κ3) is 2.39. The number of alkyl halides is 3. The molecular formula is C6H9F3O. The molecule has 0 spiro atoms.